The molecule has 0 aliphatic carbocycles. The summed E-state index contributed by atoms with van der Waals surface area (Å²) in [6.45, 7) is 2.02. The molecule has 0 bridgehead atoms. The van der Waals surface area contributed by atoms with Crippen LogP contribution >= 0.6 is 0 Å². The van der Waals surface area contributed by atoms with Crippen LogP contribution in [0.1, 0.15) is 12.6 Å². The van der Waals surface area contributed by atoms with Gasteiger partial charge in [-0.1, -0.05) is 6.92 Å². The van der Waals surface area contributed by atoms with E-state index in [1.807, 2.05) is 6.92 Å². The number of nitrogens with zero attached hydrogens (tertiary/aromatic N) is 1. The molecule has 47 valence electrons. The predicted octanol–water partition coefficient (Wildman–Crippen LogP) is 1.03. The van der Waals surface area contributed by atoms with Gasteiger partial charge in [-0.2, -0.15) is 0 Å². The van der Waals surface area contributed by atoms with Gasteiger partial charge < -0.3 is 5.73 Å². The summed E-state index contributed by atoms with van der Waals surface area (Å²) in [6, 6.07) is 4.58. The average Bonchev–Trinajstić information content (AvgIpc) is 1.89. The number of nitrogens with two attached hydrogens (primary N) is 1. The molecular formula is C7H9N2. The van der Waals surface area contributed by atoms with E-state index in [1.165, 1.54) is 0 Å². The molecule has 1 rings (SSSR count). The first-order valence-electron chi connectivity index (χ1n) is 2.95. The molecule has 0 spiro atoms. The lowest BCUT2D eigenvalue weighted by molar-refractivity contribution is 1.04. The van der Waals surface area contributed by atoms with Crippen molar-refractivity contribution in [2.45, 2.75) is 13.3 Å². The van der Waals surface area contributed by atoms with Gasteiger partial charge in [-0.05, 0) is 12.5 Å². The summed E-state index contributed by atoms with van der Waals surface area (Å²) in [6.07, 6.45) is 2.58. The lowest BCUT2D eigenvalue weighted by atomic mass is 10.2. The van der Waals surface area contributed by atoms with Crippen LogP contribution in [0.5, 0.6) is 0 Å². The molecule has 2 nitrogen and oxygen atoms in total. The van der Waals surface area contributed by atoms with Gasteiger partial charge in [0.25, 0.3) is 0 Å². The third-order valence-corrected chi connectivity index (χ3v) is 1.19. The Hall–Kier alpha value is -1.05. The Labute approximate surface area is 54.7 Å². The van der Waals surface area contributed by atoms with Gasteiger partial charge in [-0.15, -0.1) is 0 Å². The summed E-state index contributed by atoms with van der Waals surface area (Å²) in [7, 11) is 0. The minimum Gasteiger partial charge on any atom is -0.397 e. The predicted molar refractivity (Wildman–Crippen MR) is 36.9 cm³/mol. The number of pyridine rings is 1. The molecule has 0 atom stereocenters. The fourth-order valence-electron chi connectivity index (χ4n) is 0.689. The number of nitrogen functional groups attached to an aromatic ring is 1. The van der Waals surface area contributed by atoms with Crippen molar-refractivity contribution in [1.82, 2.24) is 4.98 Å². The van der Waals surface area contributed by atoms with E-state index in [0.29, 0.717) is 5.69 Å². The molecule has 9 heavy (non-hydrogen) atoms. The van der Waals surface area contributed by atoms with Crippen molar-refractivity contribution in [3.05, 3.63) is 24.0 Å². The van der Waals surface area contributed by atoms with Crippen molar-refractivity contribution >= 4 is 5.69 Å². The van der Waals surface area contributed by atoms with Crippen LogP contribution in [0.2, 0.25) is 0 Å². The highest BCUT2D eigenvalue weighted by atomic mass is 14.7. The van der Waals surface area contributed by atoms with E-state index in [0.717, 1.165) is 12.1 Å². The molecular weight excluding hydrogens is 112 g/mol. The van der Waals surface area contributed by atoms with Crippen LogP contribution in [-0.4, -0.2) is 4.98 Å². The SMILES string of the molecule is CCc1ncc[c]c1N. The Kier molecular flexibility index (Phi) is 1.68. The number of aryl methyl sites for hydroxylation is 1. The monoisotopic (exact) mass is 121 g/mol. The molecule has 0 aliphatic rings. The number of anilines is 1. The summed E-state index contributed by atoms with van der Waals surface area (Å²) in [5.41, 5.74) is 7.11. The first-order valence-corrected chi connectivity index (χ1v) is 2.95. The third-order valence-electron chi connectivity index (χ3n) is 1.19. The van der Waals surface area contributed by atoms with Gasteiger partial charge in [0.2, 0.25) is 0 Å². The van der Waals surface area contributed by atoms with Crippen LogP contribution in [-0.2, 0) is 6.42 Å². The van der Waals surface area contributed by atoms with E-state index < -0.39 is 0 Å². The van der Waals surface area contributed by atoms with Crippen molar-refractivity contribution in [2.75, 3.05) is 5.73 Å². The Morgan fingerprint density at radius 3 is 3.00 bits per heavy atom. The van der Waals surface area contributed by atoms with Gasteiger partial charge in [0.05, 0.1) is 11.4 Å². The molecule has 0 aromatic carbocycles. The topological polar surface area (TPSA) is 38.9 Å². The number of rotatable bonds is 1. The Morgan fingerprint density at radius 1 is 1.78 bits per heavy atom. The smallest absolute Gasteiger partial charge is 0.0636 e. The molecule has 2 N–H and O–H groups in total. The normalized spacial score (nSPS) is 9.44. The van der Waals surface area contributed by atoms with E-state index in [2.05, 4.69) is 11.1 Å². The average molecular weight is 121 g/mol. The maximum absolute atomic E-state index is 5.51. The fraction of sp³-hybridized carbons (Fsp3) is 0.286. The fourth-order valence-corrected chi connectivity index (χ4v) is 0.689. The molecule has 1 heterocycles. The first-order chi connectivity index (χ1) is 4.34. The van der Waals surface area contributed by atoms with Gasteiger partial charge in [-0.3, -0.25) is 4.98 Å². The molecule has 1 aromatic heterocycles. The molecule has 0 saturated heterocycles. The van der Waals surface area contributed by atoms with E-state index in [-0.39, 0.29) is 0 Å². The molecule has 1 aromatic rings. The molecule has 1 radical (unpaired) electrons. The Balaban J connectivity index is 3.01. The lowest BCUT2D eigenvalue weighted by Gasteiger charge is -1.96. The van der Waals surface area contributed by atoms with Crippen molar-refractivity contribution in [1.29, 1.82) is 0 Å². The minimum absolute atomic E-state index is 0.667. The van der Waals surface area contributed by atoms with Crippen molar-refractivity contribution in [3.8, 4) is 0 Å². The van der Waals surface area contributed by atoms with Gasteiger partial charge in [-0.25, -0.2) is 0 Å². The standard InChI is InChI=1S/C7H9N2/c1-2-7-6(8)4-3-5-9-7/h3,5H,2,8H2,1H3. The molecule has 0 fully saturated rings. The number of hydrogen-bond donors (Lipinski definition) is 1. The minimum atomic E-state index is 0.667. The molecule has 0 amide bonds. The van der Waals surface area contributed by atoms with Crippen molar-refractivity contribution in [2.24, 2.45) is 0 Å². The molecule has 0 aliphatic heterocycles. The zero-order valence-corrected chi connectivity index (χ0v) is 5.39. The van der Waals surface area contributed by atoms with Crippen molar-refractivity contribution < 1.29 is 0 Å². The maximum atomic E-state index is 5.51. The Bertz CT molecular complexity index is 196. The van der Waals surface area contributed by atoms with Crippen LogP contribution in [0.4, 0.5) is 5.69 Å². The van der Waals surface area contributed by atoms with E-state index in [9.17, 15) is 0 Å². The van der Waals surface area contributed by atoms with Crippen molar-refractivity contribution in [3.63, 3.8) is 0 Å². The van der Waals surface area contributed by atoms with Crippen LogP contribution in [0, 0.1) is 6.07 Å². The van der Waals surface area contributed by atoms with E-state index in [4.69, 9.17) is 5.73 Å². The third kappa shape index (κ3) is 1.19. The zero-order chi connectivity index (χ0) is 6.69. The van der Waals surface area contributed by atoms with Gasteiger partial charge in [0.15, 0.2) is 0 Å². The summed E-state index contributed by atoms with van der Waals surface area (Å²) < 4.78 is 0. The second kappa shape index (κ2) is 2.49. The van der Waals surface area contributed by atoms with Gasteiger partial charge >= 0.3 is 0 Å². The highest BCUT2D eigenvalue weighted by molar-refractivity contribution is 5.40. The summed E-state index contributed by atoms with van der Waals surface area (Å²) >= 11 is 0. The largest absolute Gasteiger partial charge is 0.397 e. The lowest BCUT2D eigenvalue weighted by Crippen LogP contribution is -1.94. The summed E-state index contributed by atoms with van der Waals surface area (Å²) in [5.74, 6) is 0. The quantitative estimate of drug-likeness (QED) is 0.602. The van der Waals surface area contributed by atoms with Crippen LogP contribution in [0.3, 0.4) is 0 Å². The number of aromatic nitrogens is 1. The van der Waals surface area contributed by atoms with Crippen LogP contribution in [0.25, 0.3) is 0 Å². The maximum Gasteiger partial charge on any atom is 0.0636 e. The Morgan fingerprint density at radius 2 is 2.56 bits per heavy atom. The van der Waals surface area contributed by atoms with Gasteiger partial charge in [0.1, 0.15) is 0 Å². The second-order valence-corrected chi connectivity index (χ2v) is 1.80. The van der Waals surface area contributed by atoms with E-state index >= 15 is 0 Å². The molecule has 0 saturated carbocycles. The highest BCUT2D eigenvalue weighted by Gasteiger charge is 1.92. The van der Waals surface area contributed by atoms with Gasteiger partial charge in [0, 0.05) is 12.3 Å². The molecule has 2 heteroatoms. The summed E-state index contributed by atoms with van der Waals surface area (Å²) in [4.78, 5) is 4.04. The molecule has 0 unspecified atom stereocenters. The zero-order valence-electron chi connectivity index (χ0n) is 5.39. The number of hydrogen-bond acceptors (Lipinski definition) is 2. The highest BCUT2D eigenvalue weighted by Crippen LogP contribution is 2.04. The van der Waals surface area contributed by atoms with E-state index in [1.54, 1.807) is 12.3 Å². The van der Waals surface area contributed by atoms with Crippen LogP contribution in [0.15, 0.2) is 12.3 Å². The first kappa shape index (κ1) is 6.08. The second-order valence-electron chi connectivity index (χ2n) is 1.80. The summed E-state index contributed by atoms with van der Waals surface area (Å²) in [5, 5.41) is 0. The van der Waals surface area contributed by atoms with Crippen LogP contribution < -0.4 is 5.73 Å².